The minimum atomic E-state index is -4.58. The highest BCUT2D eigenvalue weighted by Crippen LogP contribution is 2.40. The highest BCUT2D eigenvalue weighted by molar-refractivity contribution is 7.89. The molecule has 9 heteroatoms. The molecule has 1 aliphatic heterocycles. The van der Waals surface area contributed by atoms with Crippen LogP contribution in [0.25, 0.3) is 0 Å². The quantitative estimate of drug-likeness (QED) is 0.893. The second-order valence-electron chi connectivity index (χ2n) is 6.58. The molecule has 1 N–H and O–H groups in total. The summed E-state index contributed by atoms with van der Waals surface area (Å²) in [7, 11) is -1.91. The van der Waals surface area contributed by atoms with Crippen LogP contribution in [0.15, 0.2) is 17.0 Å². The Morgan fingerprint density at radius 2 is 1.79 bits per heavy atom. The van der Waals surface area contributed by atoms with Crippen LogP contribution in [0.3, 0.4) is 0 Å². The van der Waals surface area contributed by atoms with Crippen LogP contribution in [0, 0.1) is 18.8 Å². The number of alkyl halides is 3. The van der Waals surface area contributed by atoms with Crippen LogP contribution < -0.4 is 5.32 Å². The molecule has 2 atom stereocenters. The molecule has 0 bridgehead atoms. The first-order chi connectivity index (χ1) is 11.1. The largest absolute Gasteiger partial charge is 0.433 e. The lowest BCUT2D eigenvalue weighted by Gasteiger charge is -2.20. The zero-order chi connectivity index (χ0) is 17.7. The third kappa shape index (κ3) is 3.04. The smallest absolute Gasteiger partial charge is 0.317 e. The number of aromatic nitrogens is 1. The molecule has 3 rings (SSSR count). The van der Waals surface area contributed by atoms with Gasteiger partial charge in [0.25, 0.3) is 0 Å². The molecule has 1 aliphatic carbocycles. The first-order valence-corrected chi connectivity index (χ1v) is 9.29. The van der Waals surface area contributed by atoms with Crippen molar-refractivity contribution in [2.24, 2.45) is 11.8 Å². The molecule has 1 aromatic rings. The molecule has 2 aliphatic rings. The Morgan fingerprint density at radius 1 is 1.21 bits per heavy atom. The fourth-order valence-electron chi connectivity index (χ4n) is 3.81. The lowest BCUT2D eigenvalue weighted by molar-refractivity contribution is -0.141. The van der Waals surface area contributed by atoms with Gasteiger partial charge in [-0.1, -0.05) is 0 Å². The van der Waals surface area contributed by atoms with E-state index in [1.807, 2.05) is 7.05 Å². The highest BCUT2D eigenvalue weighted by atomic mass is 32.2. The van der Waals surface area contributed by atoms with E-state index in [9.17, 15) is 21.6 Å². The van der Waals surface area contributed by atoms with Gasteiger partial charge in [-0.05, 0) is 50.8 Å². The minimum absolute atomic E-state index is 0.116. The first-order valence-electron chi connectivity index (χ1n) is 7.85. The van der Waals surface area contributed by atoms with Crippen LogP contribution in [0.4, 0.5) is 13.2 Å². The fourth-order valence-corrected chi connectivity index (χ4v) is 5.52. The second kappa shape index (κ2) is 5.96. The Morgan fingerprint density at radius 3 is 2.25 bits per heavy atom. The van der Waals surface area contributed by atoms with E-state index in [0.29, 0.717) is 31.0 Å². The summed E-state index contributed by atoms with van der Waals surface area (Å²) in [4.78, 5) is 3.30. The third-order valence-corrected chi connectivity index (χ3v) is 7.04. The molecule has 1 aromatic heterocycles. The number of nitrogens with one attached hydrogen (secondary N) is 1. The number of rotatable bonds is 3. The SMILES string of the molecule is CNC1C[C@@H]2CN(S(=O)(=O)c3ccc(C(F)(F)F)nc3C)C[C@H]2C1. The number of sulfonamides is 1. The van der Waals surface area contributed by atoms with Gasteiger partial charge in [-0.15, -0.1) is 0 Å². The van der Waals surface area contributed by atoms with E-state index in [-0.39, 0.29) is 10.6 Å². The molecule has 0 amide bonds. The molecule has 0 spiro atoms. The number of pyridine rings is 1. The highest BCUT2D eigenvalue weighted by Gasteiger charge is 2.45. The maximum atomic E-state index is 12.8. The van der Waals surface area contributed by atoms with Gasteiger partial charge in [-0.2, -0.15) is 17.5 Å². The number of hydrogen-bond donors (Lipinski definition) is 1. The van der Waals surface area contributed by atoms with Gasteiger partial charge in [0, 0.05) is 19.1 Å². The van der Waals surface area contributed by atoms with Gasteiger partial charge < -0.3 is 5.32 Å². The van der Waals surface area contributed by atoms with Gasteiger partial charge in [-0.25, -0.2) is 13.4 Å². The van der Waals surface area contributed by atoms with E-state index in [4.69, 9.17) is 0 Å². The summed E-state index contributed by atoms with van der Waals surface area (Å²) in [6.45, 7) is 2.15. The van der Waals surface area contributed by atoms with Crippen molar-refractivity contribution >= 4 is 10.0 Å². The topological polar surface area (TPSA) is 62.3 Å². The van der Waals surface area contributed by atoms with Gasteiger partial charge in [0.15, 0.2) is 0 Å². The van der Waals surface area contributed by atoms with Gasteiger partial charge >= 0.3 is 6.18 Å². The lowest BCUT2D eigenvalue weighted by Crippen LogP contribution is -2.32. The van der Waals surface area contributed by atoms with Crippen LogP contribution in [0.1, 0.15) is 24.2 Å². The molecule has 0 unspecified atom stereocenters. The van der Waals surface area contributed by atoms with E-state index < -0.39 is 21.9 Å². The van der Waals surface area contributed by atoms with Gasteiger partial charge in [0.05, 0.1) is 5.69 Å². The molecular formula is C15H20F3N3O2S. The third-order valence-electron chi connectivity index (χ3n) is 5.07. The average Bonchev–Trinajstić information content (AvgIpc) is 3.04. The minimum Gasteiger partial charge on any atom is -0.317 e. The van der Waals surface area contributed by atoms with Crippen LogP contribution in [0.5, 0.6) is 0 Å². The van der Waals surface area contributed by atoms with Gasteiger partial charge in [-0.3, -0.25) is 0 Å². The zero-order valence-corrected chi connectivity index (χ0v) is 14.3. The molecule has 1 saturated heterocycles. The molecule has 1 saturated carbocycles. The maximum Gasteiger partial charge on any atom is 0.433 e. The number of aryl methyl sites for hydroxylation is 1. The maximum absolute atomic E-state index is 12.8. The molecule has 2 heterocycles. The zero-order valence-electron chi connectivity index (χ0n) is 13.5. The predicted octanol–water partition coefficient (Wildman–Crippen LogP) is 2.03. The Labute approximate surface area is 139 Å². The van der Waals surface area contributed by atoms with E-state index in [1.54, 1.807) is 0 Å². The molecule has 134 valence electrons. The summed E-state index contributed by atoms with van der Waals surface area (Å²) in [5.41, 5.74) is -1.19. The molecule has 2 fully saturated rings. The van der Waals surface area contributed by atoms with Crippen LogP contribution >= 0.6 is 0 Å². The van der Waals surface area contributed by atoms with Crippen molar-refractivity contribution in [3.63, 3.8) is 0 Å². The van der Waals surface area contributed by atoms with E-state index >= 15 is 0 Å². The summed E-state index contributed by atoms with van der Waals surface area (Å²) >= 11 is 0. The van der Waals surface area contributed by atoms with Crippen molar-refractivity contribution in [3.8, 4) is 0 Å². The average molecular weight is 363 g/mol. The van der Waals surface area contributed by atoms with E-state index in [0.717, 1.165) is 25.0 Å². The Balaban J connectivity index is 1.83. The second-order valence-corrected chi connectivity index (χ2v) is 8.48. The molecule has 5 nitrogen and oxygen atoms in total. The molecule has 0 radical (unpaired) electrons. The van der Waals surface area contributed by atoms with Crippen LogP contribution in [0.2, 0.25) is 0 Å². The number of fused-ring (bicyclic) bond motifs is 1. The molecule has 0 aromatic carbocycles. The fraction of sp³-hybridized carbons (Fsp3) is 0.667. The lowest BCUT2D eigenvalue weighted by atomic mass is 10.0. The normalized spacial score (nSPS) is 26.0. The van der Waals surface area contributed by atoms with E-state index in [2.05, 4.69) is 10.3 Å². The van der Waals surface area contributed by atoms with Crippen molar-refractivity contribution in [3.05, 3.63) is 23.5 Å². The Hall–Kier alpha value is -1.19. The summed E-state index contributed by atoms with van der Waals surface area (Å²) in [6, 6.07) is 2.16. The standard InChI is InChI=1S/C15H20F3N3O2S/c1-9-13(3-4-14(20-9)15(16,17)18)24(22,23)21-7-10-5-12(19-2)6-11(10)8-21/h3-4,10-12,19H,5-8H2,1-2H3/t10-,11-/m1/s1. The molecule has 24 heavy (non-hydrogen) atoms. The summed E-state index contributed by atoms with van der Waals surface area (Å²) in [6.07, 6.45) is -2.73. The van der Waals surface area contributed by atoms with Crippen molar-refractivity contribution < 1.29 is 21.6 Å². The Kier molecular flexibility index (Phi) is 4.38. The Bertz CT molecular complexity index is 722. The predicted molar refractivity (Wildman–Crippen MR) is 81.8 cm³/mol. The van der Waals surface area contributed by atoms with Crippen molar-refractivity contribution in [1.82, 2.24) is 14.6 Å². The van der Waals surface area contributed by atoms with E-state index in [1.165, 1.54) is 11.2 Å². The first kappa shape index (κ1) is 17.6. The molecular weight excluding hydrogens is 343 g/mol. The van der Waals surface area contributed by atoms with Crippen molar-refractivity contribution in [2.75, 3.05) is 20.1 Å². The van der Waals surface area contributed by atoms with Crippen LogP contribution in [-0.2, 0) is 16.2 Å². The van der Waals surface area contributed by atoms with Crippen LogP contribution in [-0.4, -0.2) is 43.9 Å². The van der Waals surface area contributed by atoms with Crippen molar-refractivity contribution in [1.29, 1.82) is 0 Å². The summed E-state index contributed by atoms with van der Waals surface area (Å²) in [5, 5.41) is 3.22. The monoisotopic (exact) mass is 363 g/mol. The van der Waals surface area contributed by atoms with Crippen molar-refractivity contribution in [2.45, 2.75) is 36.9 Å². The number of nitrogens with zero attached hydrogens (tertiary/aromatic N) is 2. The summed E-state index contributed by atoms with van der Waals surface area (Å²) in [5.74, 6) is 0.611. The van der Waals surface area contributed by atoms with Gasteiger partial charge in [0.2, 0.25) is 10.0 Å². The number of halogens is 3. The summed E-state index contributed by atoms with van der Waals surface area (Å²) < 4.78 is 65.1. The number of hydrogen-bond acceptors (Lipinski definition) is 4. The van der Waals surface area contributed by atoms with Gasteiger partial charge in [0.1, 0.15) is 10.6 Å².